The third-order valence-electron chi connectivity index (χ3n) is 6.23. The van der Waals surface area contributed by atoms with Gasteiger partial charge in [0, 0.05) is 17.8 Å². The topological polar surface area (TPSA) is 102 Å². The number of imidazole rings is 1. The Hall–Kier alpha value is -3.30. The average Bonchev–Trinajstić information content (AvgIpc) is 3.24. The van der Waals surface area contributed by atoms with Crippen LogP contribution in [0.3, 0.4) is 0 Å². The molecule has 1 aliphatic carbocycles. The number of benzene rings is 1. The van der Waals surface area contributed by atoms with Gasteiger partial charge in [0.1, 0.15) is 11.5 Å². The van der Waals surface area contributed by atoms with Crippen molar-refractivity contribution in [3.63, 3.8) is 0 Å². The van der Waals surface area contributed by atoms with Crippen LogP contribution in [0.2, 0.25) is 0 Å². The Kier molecular flexibility index (Phi) is 5.59. The maximum atomic E-state index is 14.8. The second-order valence-electron chi connectivity index (χ2n) is 8.41. The number of nitrogens with zero attached hydrogens (tertiary/aromatic N) is 3. The lowest BCUT2D eigenvalue weighted by Crippen LogP contribution is -2.36. The number of primary sulfonamides is 1. The van der Waals surface area contributed by atoms with Crippen LogP contribution in [0, 0.1) is 5.82 Å². The second-order valence-corrected chi connectivity index (χ2v) is 10.3. The summed E-state index contributed by atoms with van der Waals surface area (Å²) in [4.78, 5) is 8.63. The molecule has 0 spiro atoms. The molecule has 1 saturated carbocycles. The van der Waals surface area contributed by atoms with Gasteiger partial charge in [0.25, 0.3) is 0 Å². The summed E-state index contributed by atoms with van der Waals surface area (Å²) in [5, 5.41) is 8.11. The fourth-order valence-electron chi connectivity index (χ4n) is 4.44. The second kappa shape index (κ2) is 8.57. The van der Waals surface area contributed by atoms with Crippen LogP contribution in [0.15, 0.2) is 67.1 Å². The Bertz CT molecular complexity index is 1400. The number of fused-ring (bicyclic) bond motifs is 1. The van der Waals surface area contributed by atoms with Gasteiger partial charge in [0.15, 0.2) is 5.82 Å². The first-order valence-electron chi connectivity index (χ1n) is 10.8. The molecule has 1 fully saturated rings. The van der Waals surface area contributed by atoms with E-state index in [1.54, 1.807) is 12.3 Å². The monoisotopic (exact) mass is 465 g/mol. The van der Waals surface area contributed by atoms with Gasteiger partial charge in [0.05, 0.1) is 23.3 Å². The minimum Gasteiger partial charge on any atom is -0.367 e. The van der Waals surface area contributed by atoms with Gasteiger partial charge in [-0.3, -0.25) is 4.40 Å². The number of nitrogens with two attached hydrogens (primary N) is 1. The molecule has 0 aliphatic heterocycles. The van der Waals surface area contributed by atoms with Crippen LogP contribution in [0.25, 0.3) is 28.0 Å². The lowest BCUT2D eigenvalue weighted by atomic mass is 9.95. The van der Waals surface area contributed by atoms with E-state index in [1.165, 1.54) is 6.20 Å². The van der Waals surface area contributed by atoms with Crippen LogP contribution in [0.5, 0.6) is 0 Å². The first kappa shape index (κ1) is 21.5. The number of pyridine rings is 2. The molecule has 7 nitrogen and oxygen atoms in total. The third-order valence-corrected chi connectivity index (χ3v) is 7.64. The molecular weight excluding hydrogens is 441 g/mol. The summed E-state index contributed by atoms with van der Waals surface area (Å²) in [7, 11) is -3.51. The van der Waals surface area contributed by atoms with E-state index in [4.69, 9.17) is 5.14 Å². The lowest BCUT2D eigenvalue weighted by Gasteiger charge is -2.28. The zero-order valence-electron chi connectivity index (χ0n) is 17.9. The smallest absolute Gasteiger partial charge is 0.211 e. The van der Waals surface area contributed by atoms with E-state index < -0.39 is 21.1 Å². The van der Waals surface area contributed by atoms with Crippen LogP contribution in [0.1, 0.15) is 25.7 Å². The summed E-state index contributed by atoms with van der Waals surface area (Å²) in [6.45, 7) is 0. The van der Waals surface area contributed by atoms with Crippen LogP contribution in [-0.4, -0.2) is 34.1 Å². The van der Waals surface area contributed by atoms with Crippen molar-refractivity contribution in [2.24, 2.45) is 5.14 Å². The van der Waals surface area contributed by atoms with Crippen molar-refractivity contribution in [2.75, 3.05) is 5.32 Å². The van der Waals surface area contributed by atoms with E-state index in [0.717, 1.165) is 16.8 Å². The predicted octanol–water partition coefficient (Wildman–Crippen LogP) is 4.21. The molecule has 0 unspecified atom stereocenters. The molecule has 9 heteroatoms. The zero-order valence-corrected chi connectivity index (χ0v) is 18.7. The molecule has 3 aromatic heterocycles. The number of nitrogens with one attached hydrogen (secondary N) is 1. The first-order valence-corrected chi connectivity index (χ1v) is 12.5. The van der Waals surface area contributed by atoms with Gasteiger partial charge in [-0.2, -0.15) is 0 Å². The van der Waals surface area contributed by atoms with Gasteiger partial charge in [-0.25, -0.2) is 27.9 Å². The first-order chi connectivity index (χ1) is 15.9. The molecule has 1 aliphatic rings. The largest absolute Gasteiger partial charge is 0.367 e. The Morgan fingerprint density at radius 3 is 2.45 bits per heavy atom. The number of rotatable bonds is 5. The van der Waals surface area contributed by atoms with Crippen LogP contribution in [-0.2, 0) is 10.0 Å². The number of halogens is 1. The predicted molar refractivity (Wildman–Crippen MR) is 127 cm³/mol. The van der Waals surface area contributed by atoms with E-state index in [1.807, 2.05) is 53.1 Å². The number of hydrogen-bond donors (Lipinski definition) is 2. The summed E-state index contributed by atoms with van der Waals surface area (Å²) in [5.41, 5.74) is 3.80. The number of anilines is 1. The van der Waals surface area contributed by atoms with Gasteiger partial charge >= 0.3 is 0 Å². The van der Waals surface area contributed by atoms with E-state index >= 15 is 0 Å². The molecule has 0 radical (unpaired) electrons. The normalized spacial score (nSPS) is 19.0. The molecule has 0 saturated heterocycles. The zero-order chi connectivity index (χ0) is 23.0. The van der Waals surface area contributed by atoms with Crippen molar-refractivity contribution >= 4 is 21.5 Å². The van der Waals surface area contributed by atoms with Crippen molar-refractivity contribution in [2.45, 2.75) is 37.0 Å². The number of aromatic nitrogens is 3. The molecule has 0 atom stereocenters. The van der Waals surface area contributed by atoms with Gasteiger partial charge in [0.2, 0.25) is 10.0 Å². The van der Waals surface area contributed by atoms with Crippen molar-refractivity contribution in [3.8, 4) is 22.4 Å². The van der Waals surface area contributed by atoms with E-state index in [9.17, 15) is 12.8 Å². The Morgan fingerprint density at radius 1 is 0.970 bits per heavy atom. The van der Waals surface area contributed by atoms with Crippen molar-refractivity contribution in [1.82, 2.24) is 14.4 Å². The van der Waals surface area contributed by atoms with Crippen LogP contribution < -0.4 is 10.5 Å². The molecule has 0 amide bonds. The maximum absolute atomic E-state index is 14.8. The van der Waals surface area contributed by atoms with Crippen molar-refractivity contribution < 1.29 is 12.8 Å². The molecule has 33 heavy (non-hydrogen) atoms. The number of sulfonamides is 1. The fourth-order valence-corrected chi connectivity index (χ4v) is 5.37. The third kappa shape index (κ3) is 4.46. The molecule has 4 aromatic rings. The maximum Gasteiger partial charge on any atom is 0.211 e. The van der Waals surface area contributed by atoms with Crippen LogP contribution in [0.4, 0.5) is 10.2 Å². The Labute approximate surface area is 191 Å². The molecular formula is C24H24FN5O2S. The fraction of sp³-hybridized carbons (Fsp3) is 0.250. The van der Waals surface area contributed by atoms with E-state index in [-0.39, 0.29) is 6.04 Å². The van der Waals surface area contributed by atoms with Crippen LogP contribution >= 0.6 is 0 Å². The highest BCUT2D eigenvalue weighted by molar-refractivity contribution is 7.89. The average molecular weight is 466 g/mol. The quantitative estimate of drug-likeness (QED) is 0.460. The summed E-state index contributed by atoms with van der Waals surface area (Å²) >= 11 is 0. The lowest BCUT2D eigenvalue weighted by molar-refractivity contribution is 0.451. The summed E-state index contributed by atoms with van der Waals surface area (Å²) in [5.74, 6) is 0.102. The minimum absolute atomic E-state index is 0.0562. The molecule has 3 N–H and O–H groups in total. The highest BCUT2D eigenvalue weighted by Gasteiger charge is 2.28. The van der Waals surface area contributed by atoms with Gasteiger partial charge in [-0.1, -0.05) is 30.3 Å². The number of hydrogen-bond acceptors (Lipinski definition) is 5. The molecule has 0 bridgehead atoms. The van der Waals surface area contributed by atoms with Gasteiger partial charge < -0.3 is 5.32 Å². The van der Waals surface area contributed by atoms with Gasteiger partial charge in [-0.05, 0) is 55.0 Å². The summed E-state index contributed by atoms with van der Waals surface area (Å²) in [6, 6.07) is 15.6. The summed E-state index contributed by atoms with van der Waals surface area (Å²) in [6.07, 6.45) is 7.13. The minimum atomic E-state index is -3.51. The molecule has 5 rings (SSSR count). The summed E-state index contributed by atoms with van der Waals surface area (Å²) < 4.78 is 39.9. The van der Waals surface area contributed by atoms with Gasteiger partial charge in [-0.15, -0.1) is 0 Å². The molecule has 170 valence electrons. The molecule has 3 heterocycles. The van der Waals surface area contributed by atoms with Crippen molar-refractivity contribution in [1.29, 1.82) is 0 Å². The Morgan fingerprint density at radius 2 is 1.73 bits per heavy atom. The SMILES string of the molecule is NS(=O)(=O)C1CCC(Nc2cc(-c3cnc4ccc(-c5ccccc5)cn34)c(F)cn2)CC1. The van der Waals surface area contributed by atoms with Crippen molar-refractivity contribution in [3.05, 3.63) is 72.9 Å². The highest BCUT2D eigenvalue weighted by atomic mass is 32.2. The highest BCUT2D eigenvalue weighted by Crippen LogP contribution is 2.30. The Balaban J connectivity index is 1.43. The van der Waals surface area contributed by atoms with E-state index in [2.05, 4.69) is 15.3 Å². The standard InChI is InChI=1S/C24H24FN5O2S/c25-21-13-27-23(29-18-7-9-19(10-8-18)33(26,31)32)12-20(21)22-14-28-24-11-6-17(15-30(22)24)16-4-2-1-3-5-16/h1-6,11-15,18-19H,7-10H2,(H,27,29)(H2,26,31,32). The van der Waals surface area contributed by atoms with E-state index in [0.29, 0.717) is 42.8 Å². The molecule has 1 aromatic carbocycles.